The summed E-state index contributed by atoms with van der Waals surface area (Å²) in [7, 11) is 1.52. The summed E-state index contributed by atoms with van der Waals surface area (Å²) in [5.74, 6) is 0.487. The quantitative estimate of drug-likeness (QED) is 0.918. The molecule has 1 saturated heterocycles. The summed E-state index contributed by atoms with van der Waals surface area (Å²) < 4.78 is 5.21. The van der Waals surface area contributed by atoms with Crippen LogP contribution in [0.25, 0.3) is 0 Å². The molecule has 126 valence electrons. The highest BCUT2D eigenvalue weighted by molar-refractivity contribution is 6.31. The Morgan fingerprint density at radius 2 is 1.96 bits per heavy atom. The molecule has 0 spiro atoms. The van der Waals surface area contributed by atoms with E-state index < -0.39 is 0 Å². The van der Waals surface area contributed by atoms with Crippen LogP contribution in [0.1, 0.15) is 37.0 Å². The predicted octanol–water partition coefficient (Wildman–Crippen LogP) is 2.73. The Morgan fingerprint density at radius 1 is 1.30 bits per heavy atom. The van der Waals surface area contributed by atoms with E-state index in [-0.39, 0.29) is 23.8 Å². The molecule has 2 amide bonds. The van der Waals surface area contributed by atoms with Gasteiger partial charge in [0.15, 0.2) is 0 Å². The van der Waals surface area contributed by atoms with Crippen LogP contribution in [0.5, 0.6) is 5.75 Å². The first kappa shape index (κ1) is 17.6. The largest absolute Gasteiger partial charge is 0.496 e. The number of likely N-dealkylation sites (tertiary alicyclic amines) is 1. The average molecular weight is 339 g/mol. The van der Waals surface area contributed by atoms with E-state index in [2.05, 4.69) is 5.32 Å². The fourth-order valence-corrected chi connectivity index (χ4v) is 2.90. The molecule has 1 aliphatic heterocycles. The van der Waals surface area contributed by atoms with Crippen LogP contribution in [0, 0.1) is 5.92 Å². The predicted molar refractivity (Wildman–Crippen MR) is 89.9 cm³/mol. The number of amides is 2. The highest BCUT2D eigenvalue weighted by Crippen LogP contribution is 2.23. The molecular formula is C17H23ClN2O3. The molecule has 0 bridgehead atoms. The lowest BCUT2D eigenvalue weighted by molar-refractivity contribution is -0.135. The Hall–Kier alpha value is -1.75. The zero-order chi connectivity index (χ0) is 17.0. The van der Waals surface area contributed by atoms with Crippen LogP contribution in [0.2, 0.25) is 5.02 Å². The van der Waals surface area contributed by atoms with Gasteiger partial charge in [-0.05, 0) is 31.0 Å². The lowest BCUT2D eigenvalue weighted by Gasteiger charge is -2.33. The average Bonchev–Trinajstić information content (AvgIpc) is 2.54. The van der Waals surface area contributed by atoms with Crippen molar-refractivity contribution >= 4 is 23.4 Å². The number of ether oxygens (including phenoxy) is 1. The van der Waals surface area contributed by atoms with Crippen LogP contribution < -0.4 is 10.1 Å². The van der Waals surface area contributed by atoms with E-state index in [1.165, 1.54) is 7.11 Å². The van der Waals surface area contributed by atoms with Gasteiger partial charge in [0, 0.05) is 30.1 Å². The van der Waals surface area contributed by atoms with Gasteiger partial charge >= 0.3 is 0 Å². The van der Waals surface area contributed by atoms with E-state index >= 15 is 0 Å². The molecule has 1 aliphatic rings. The smallest absolute Gasteiger partial charge is 0.255 e. The van der Waals surface area contributed by atoms with E-state index in [0.29, 0.717) is 29.4 Å². The SMILES string of the molecule is COc1ccc(Cl)cc1C(=O)NC1CCN(C(=O)C(C)C)CC1. The first-order valence-electron chi connectivity index (χ1n) is 7.85. The van der Waals surface area contributed by atoms with Gasteiger partial charge in [-0.1, -0.05) is 25.4 Å². The van der Waals surface area contributed by atoms with Crippen LogP contribution >= 0.6 is 11.6 Å². The number of rotatable bonds is 4. The van der Waals surface area contributed by atoms with Gasteiger partial charge in [-0.25, -0.2) is 0 Å². The second-order valence-corrected chi connectivity index (χ2v) is 6.51. The topological polar surface area (TPSA) is 58.6 Å². The molecule has 5 nitrogen and oxygen atoms in total. The third kappa shape index (κ3) is 4.38. The van der Waals surface area contributed by atoms with Crippen molar-refractivity contribution in [2.45, 2.75) is 32.7 Å². The number of carbonyl (C=O) groups excluding carboxylic acids is 2. The molecule has 0 saturated carbocycles. The number of methoxy groups -OCH3 is 1. The number of benzene rings is 1. The van der Waals surface area contributed by atoms with Crippen LogP contribution in [-0.2, 0) is 4.79 Å². The molecule has 0 atom stereocenters. The number of carbonyl (C=O) groups is 2. The number of nitrogens with one attached hydrogen (secondary N) is 1. The van der Waals surface area contributed by atoms with Gasteiger partial charge in [0.1, 0.15) is 5.75 Å². The van der Waals surface area contributed by atoms with Crippen LogP contribution in [0.15, 0.2) is 18.2 Å². The van der Waals surface area contributed by atoms with Crippen molar-refractivity contribution in [3.63, 3.8) is 0 Å². The van der Waals surface area contributed by atoms with Gasteiger partial charge in [-0.2, -0.15) is 0 Å². The third-order valence-electron chi connectivity index (χ3n) is 4.04. The molecule has 1 fully saturated rings. The molecule has 23 heavy (non-hydrogen) atoms. The van der Waals surface area contributed by atoms with Gasteiger partial charge in [0.25, 0.3) is 5.91 Å². The lowest BCUT2D eigenvalue weighted by atomic mass is 10.0. The zero-order valence-corrected chi connectivity index (χ0v) is 14.5. The number of hydrogen-bond acceptors (Lipinski definition) is 3. The minimum Gasteiger partial charge on any atom is -0.496 e. The van der Waals surface area contributed by atoms with Crippen molar-refractivity contribution in [2.75, 3.05) is 20.2 Å². The van der Waals surface area contributed by atoms with E-state index in [1.807, 2.05) is 18.7 Å². The van der Waals surface area contributed by atoms with Crippen molar-refractivity contribution in [2.24, 2.45) is 5.92 Å². The molecule has 1 aromatic carbocycles. The second-order valence-electron chi connectivity index (χ2n) is 6.07. The van der Waals surface area contributed by atoms with Crippen LogP contribution in [0.4, 0.5) is 0 Å². The summed E-state index contributed by atoms with van der Waals surface area (Å²) >= 11 is 5.96. The van der Waals surface area contributed by atoms with Gasteiger partial charge in [0.2, 0.25) is 5.91 Å². The van der Waals surface area contributed by atoms with Gasteiger partial charge in [-0.3, -0.25) is 9.59 Å². The molecule has 0 aromatic heterocycles. The third-order valence-corrected chi connectivity index (χ3v) is 4.28. The summed E-state index contributed by atoms with van der Waals surface area (Å²) in [6, 6.07) is 5.03. The molecule has 0 radical (unpaired) electrons. The first-order chi connectivity index (χ1) is 10.9. The molecular weight excluding hydrogens is 316 g/mol. The van der Waals surface area contributed by atoms with Crippen molar-refractivity contribution in [1.29, 1.82) is 0 Å². The Balaban J connectivity index is 1.95. The maximum Gasteiger partial charge on any atom is 0.255 e. The number of halogens is 1. The second kappa shape index (κ2) is 7.68. The summed E-state index contributed by atoms with van der Waals surface area (Å²) in [4.78, 5) is 26.3. The van der Waals surface area contributed by atoms with E-state index in [9.17, 15) is 9.59 Å². The maximum atomic E-state index is 12.4. The summed E-state index contributed by atoms with van der Waals surface area (Å²) in [5, 5.41) is 3.50. The zero-order valence-electron chi connectivity index (χ0n) is 13.8. The van der Waals surface area contributed by atoms with Crippen LogP contribution in [-0.4, -0.2) is 43.0 Å². The maximum absolute atomic E-state index is 12.4. The van der Waals surface area contributed by atoms with Crippen molar-refractivity contribution in [1.82, 2.24) is 10.2 Å². The Labute approximate surface area is 141 Å². The van der Waals surface area contributed by atoms with Gasteiger partial charge in [0.05, 0.1) is 12.7 Å². The van der Waals surface area contributed by atoms with Crippen molar-refractivity contribution in [3.05, 3.63) is 28.8 Å². The fraction of sp³-hybridized carbons (Fsp3) is 0.529. The van der Waals surface area contributed by atoms with E-state index in [1.54, 1.807) is 18.2 Å². The Morgan fingerprint density at radius 3 is 2.52 bits per heavy atom. The van der Waals surface area contributed by atoms with Crippen molar-refractivity contribution < 1.29 is 14.3 Å². The standard InChI is InChI=1S/C17H23ClN2O3/c1-11(2)17(22)20-8-6-13(7-9-20)19-16(21)14-10-12(18)4-5-15(14)23-3/h4-5,10-11,13H,6-9H2,1-3H3,(H,19,21). The monoisotopic (exact) mass is 338 g/mol. The Bertz CT molecular complexity index is 581. The molecule has 1 heterocycles. The molecule has 6 heteroatoms. The summed E-state index contributed by atoms with van der Waals surface area (Å²) in [6.07, 6.45) is 1.51. The number of hydrogen-bond donors (Lipinski definition) is 1. The summed E-state index contributed by atoms with van der Waals surface area (Å²) in [5.41, 5.74) is 0.431. The highest BCUT2D eigenvalue weighted by atomic mass is 35.5. The van der Waals surface area contributed by atoms with E-state index in [4.69, 9.17) is 16.3 Å². The number of nitrogens with zero attached hydrogens (tertiary/aromatic N) is 1. The van der Waals surface area contributed by atoms with E-state index in [0.717, 1.165) is 12.8 Å². The minimum atomic E-state index is -0.196. The molecule has 1 aromatic rings. The molecule has 0 aliphatic carbocycles. The first-order valence-corrected chi connectivity index (χ1v) is 8.23. The Kier molecular flexibility index (Phi) is 5.88. The number of piperidine rings is 1. The lowest BCUT2D eigenvalue weighted by Crippen LogP contribution is -2.47. The molecule has 1 N–H and O–H groups in total. The van der Waals surface area contributed by atoms with Gasteiger partial charge < -0.3 is 15.0 Å². The minimum absolute atomic E-state index is 0.0110. The van der Waals surface area contributed by atoms with Gasteiger partial charge in [-0.15, -0.1) is 0 Å². The normalized spacial score (nSPS) is 15.6. The molecule has 2 rings (SSSR count). The molecule has 0 unspecified atom stereocenters. The highest BCUT2D eigenvalue weighted by Gasteiger charge is 2.26. The van der Waals surface area contributed by atoms with Crippen LogP contribution in [0.3, 0.4) is 0 Å². The van der Waals surface area contributed by atoms with Crippen molar-refractivity contribution in [3.8, 4) is 5.75 Å². The summed E-state index contributed by atoms with van der Waals surface area (Å²) in [6.45, 7) is 5.16. The fourth-order valence-electron chi connectivity index (χ4n) is 2.73.